The van der Waals surface area contributed by atoms with Crippen molar-refractivity contribution < 1.29 is 14.7 Å². The van der Waals surface area contributed by atoms with Crippen molar-refractivity contribution in [2.45, 2.75) is 85.7 Å². The number of carboxylic acids is 1. The highest BCUT2D eigenvalue weighted by Gasteiger charge is 2.20. The highest BCUT2D eigenvalue weighted by molar-refractivity contribution is 6.10. The average Bonchev–Trinajstić information content (AvgIpc) is 3.41. The van der Waals surface area contributed by atoms with Crippen LogP contribution in [0.5, 0.6) is 0 Å². The lowest BCUT2D eigenvalue weighted by molar-refractivity contribution is -0.137. The number of ketones is 1. The van der Waals surface area contributed by atoms with Crippen LogP contribution in [0.4, 0.5) is 5.69 Å². The van der Waals surface area contributed by atoms with E-state index in [0.717, 1.165) is 24.1 Å². The van der Waals surface area contributed by atoms with Gasteiger partial charge in [0.15, 0.2) is 5.78 Å². The van der Waals surface area contributed by atoms with Gasteiger partial charge in [0.1, 0.15) is 0 Å². The first kappa shape index (κ1) is 32.8. The number of aliphatic carboxylic acids is 1. The Morgan fingerprint density at radius 1 is 0.727 bits per heavy atom. The summed E-state index contributed by atoms with van der Waals surface area (Å²) in [5.74, 6) is 0.568. The molecule has 0 aliphatic heterocycles. The molecule has 0 spiro atoms. The first-order valence-corrected chi connectivity index (χ1v) is 16.0. The van der Waals surface area contributed by atoms with Crippen LogP contribution in [-0.4, -0.2) is 21.4 Å². The normalized spacial score (nSPS) is 11.6. The summed E-state index contributed by atoms with van der Waals surface area (Å²) in [5.41, 5.74) is 8.31. The van der Waals surface area contributed by atoms with Crippen molar-refractivity contribution in [2.75, 3.05) is 5.32 Å². The Labute approximate surface area is 263 Å². The second-order valence-electron chi connectivity index (χ2n) is 13.2. The molecule has 0 aliphatic rings. The van der Waals surface area contributed by atoms with E-state index in [9.17, 15) is 9.59 Å². The Morgan fingerprint density at radius 2 is 1.25 bits per heavy atom. The highest BCUT2D eigenvalue weighted by Crippen LogP contribution is 2.30. The van der Waals surface area contributed by atoms with E-state index in [1.807, 2.05) is 41.2 Å². The fourth-order valence-corrected chi connectivity index (χ4v) is 5.75. The summed E-state index contributed by atoms with van der Waals surface area (Å²) in [5, 5.41) is 12.7. The summed E-state index contributed by atoms with van der Waals surface area (Å²) in [6.45, 7) is 13.7. The van der Waals surface area contributed by atoms with Gasteiger partial charge in [0.05, 0.1) is 6.04 Å². The fraction of sp³-hybridized carbons (Fsp3) is 0.385. The Morgan fingerprint density at radius 3 is 1.70 bits per heavy atom. The van der Waals surface area contributed by atoms with E-state index in [0.29, 0.717) is 35.9 Å². The monoisotopic (exact) mass is 592 g/mol. The van der Waals surface area contributed by atoms with Gasteiger partial charge in [-0.1, -0.05) is 90.1 Å². The zero-order valence-corrected chi connectivity index (χ0v) is 27.1. The van der Waals surface area contributed by atoms with Gasteiger partial charge in [-0.25, -0.2) is 0 Å². The Bertz CT molecular complexity index is 1460. The zero-order valence-electron chi connectivity index (χ0n) is 27.1. The summed E-state index contributed by atoms with van der Waals surface area (Å²) in [6.07, 6.45) is 6.60. The molecule has 0 fully saturated rings. The Kier molecular flexibility index (Phi) is 11.2. The third-order valence-corrected chi connectivity index (χ3v) is 7.96. The van der Waals surface area contributed by atoms with Crippen molar-refractivity contribution in [1.29, 1.82) is 0 Å². The molecule has 0 amide bonds. The van der Waals surface area contributed by atoms with Crippen molar-refractivity contribution in [3.63, 3.8) is 0 Å². The molecule has 1 heterocycles. The molecule has 3 aromatic carbocycles. The number of aromatic nitrogens is 1. The molecule has 5 heteroatoms. The maximum atomic E-state index is 13.6. The van der Waals surface area contributed by atoms with Crippen LogP contribution in [0.3, 0.4) is 0 Å². The van der Waals surface area contributed by atoms with Crippen molar-refractivity contribution in [1.82, 2.24) is 4.57 Å². The molecular formula is C39H48N2O3. The highest BCUT2D eigenvalue weighted by atomic mass is 16.4. The van der Waals surface area contributed by atoms with Crippen LogP contribution < -0.4 is 5.32 Å². The predicted molar refractivity (Wildman–Crippen MR) is 181 cm³/mol. The molecule has 5 nitrogen and oxygen atoms in total. The molecule has 0 unspecified atom stereocenters. The van der Waals surface area contributed by atoms with Crippen LogP contribution in [0, 0.1) is 11.8 Å². The standard InChI is InChI=1S/C39H48N2O3/c1-26(2)22-29-9-13-31(14-10-29)38(32-15-11-30(12-16-32)23-27(3)4)40-34-19-17-33(18-20-34)39(44)36-25-41(21-7-8-37(42)43)24-35(36)28(5)6/h9-20,24-28,38,40H,7-8,21-23H2,1-6H3,(H,42,43). The summed E-state index contributed by atoms with van der Waals surface area (Å²) in [6, 6.07) is 25.6. The van der Waals surface area contributed by atoms with E-state index in [2.05, 4.69) is 95.4 Å². The van der Waals surface area contributed by atoms with Crippen molar-refractivity contribution >= 4 is 17.4 Å². The molecular weight excluding hydrogens is 544 g/mol. The van der Waals surface area contributed by atoms with Crippen molar-refractivity contribution in [3.8, 4) is 0 Å². The number of aryl methyl sites for hydroxylation is 1. The fourth-order valence-electron chi connectivity index (χ4n) is 5.75. The van der Waals surface area contributed by atoms with Crippen molar-refractivity contribution in [3.05, 3.63) is 124 Å². The molecule has 4 aromatic rings. The zero-order chi connectivity index (χ0) is 31.8. The number of carbonyl (C=O) groups is 2. The third kappa shape index (κ3) is 8.95. The van der Waals surface area contributed by atoms with Gasteiger partial charge in [-0.15, -0.1) is 0 Å². The second-order valence-corrected chi connectivity index (χ2v) is 13.2. The minimum atomic E-state index is -0.806. The minimum Gasteiger partial charge on any atom is -0.481 e. The molecule has 0 bridgehead atoms. The summed E-state index contributed by atoms with van der Waals surface area (Å²) in [7, 11) is 0. The van der Waals surface area contributed by atoms with E-state index >= 15 is 0 Å². The molecule has 0 aliphatic carbocycles. The first-order valence-electron chi connectivity index (χ1n) is 16.0. The van der Waals surface area contributed by atoms with Crippen LogP contribution >= 0.6 is 0 Å². The van der Waals surface area contributed by atoms with Gasteiger partial charge < -0.3 is 15.0 Å². The van der Waals surface area contributed by atoms with E-state index in [1.165, 1.54) is 22.3 Å². The number of nitrogens with one attached hydrogen (secondary N) is 1. The number of hydrogen-bond donors (Lipinski definition) is 2. The smallest absolute Gasteiger partial charge is 0.303 e. The molecule has 0 atom stereocenters. The Balaban J connectivity index is 1.57. The number of anilines is 1. The molecule has 232 valence electrons. The minimum absolute atomic E-state index is 0.0183. The lowest BCUT2D eigenvalue weighted by Crippen LogP contribution is -2.13. The largest absolute Gasteiger partial charge is 0.481 e. The molecule has 1 aromatic heterocycles. The lowest BCUT2D eigenvalue weighted by Gasteiger charge is -2.22. The number of carboxylic acid groups (broad SMARTS) is 1. The Hall–Kier alpha value is -4.12. The van der Waals surface area contributed by atoms with Gasteiger partial charge in [-0.05, 0) is 89.1 Å². The number of carbonyl (C=O) groups excluding carboxylic acids is 1. The van der Waals surface area contributed by atoms with Gasteiger partial charge in [0, 0.05) is 42.2 Å². The molecule has 44 heavy (non-hydrogen) atoms. The van der Waals surface area contributed by atoms with Crippen LogP contribution in [-0.2, 0) is 24.2 Å². The van der Waals surface area contributed by atoms with Crippen LogP contribution in [0.2, 0.25) is 0 Å². The summed E-state index contributed by atoms with van der Waals surface area (Å²) < 4.78 is 1.95. The molecule has 2 N–H and O–H groups in total. The molecule has 0 radical (unpaired) electrons. The molecule has 4 rings (SSSR count). The quantitative estimate of drug-likeness (QED) is 0.135. The lowest BCUT2D eigenvalue weighted by atomic mass is 9.93. The van der Waals surface area contributed by atoms with Gasteiger partial charge >= 0.3 is 5.97 Å². The summed E-state index contributed by atoms with van der Waals surface area (Å²) >= 11 is 0. The van der Waals surface area contributed by atoms with Crippen molar-refractivity contribution in [2.24, 2.45) is 11.8 Å². The van der Waals surface area contributed by atoms with Gasteiger partial charge in [-0.3, -0.25) is 9.59 Å². The van der Waals surface area contributed by atoms with Crippen LogP contribution in [0.15, 0.2) is 85.2 Å². The number of benzene rings is 3. The molecule has 0 saturated carbocycles. The third-order valence-electron chi connectivity index (χ3n) is 7.96. The van der Waals surface area contributed by atoms with Crippen LogP contribution in [0.25, 0.3) is 0 Å². The average molecular weight is 593 g/mol. The number of hydrogen-bond acceptors (Lipinski definition) is 3. The topological polar surface area (TPSA) is 71.3 Å². The van der Waals surface area contributed by atoms with Gasteiger partial charge in [0.2, 0.25) is 0 Å². The predicted octanol–water partition coefficient (Wildman–Crippen LogP) is 9.31. The number of rotatable bonds is 15. The van der Waals surface area contributed by atoms with E-state index in [4.69, 9.17) is 5.11 Å². The number of nitrogens with zero attached hydrogens (tertiary/aromatic N) is 1. The molecule has 0 saturated heterocycles. The van der Waals surface area contributed by atoms with E-state index < -0.39 is 5.97 Å². The maximum Gasteiger partial charge on any atom is 0.303 e. The van der Waals surface area contributed by atoms with Gasteiger partial charge in [0.25, 0.3) is 0 Å². The summed E-state index contributed by atoms with van der Waals surface area (Å²) in [4.78, 5) is 24.6. The van der Waals surface area contributed by atoms with Gasteiger partial charge in [-0.2, -0.15) is 0 Å². The second kappa shape index (κ2) is 15.1. The maximum absolute atomic E-state index is 13.6. The van der Waals surface area contributed by atoms with Crippen LogP contribution in [0.1, 0.15) is 110 Å². The SMILES string of the molecule is CC(C)Cc1ccc(C(Nc2ccc(C(=O)c3cn(CCCC(=O)O)cc3C(C)C)cc2)c2ccc(CC(C)C)cc2)cc1. The van der Waals surface area contributed by atoms with E-state index in [-0.39, 0.29) is 24.2 Å². The first-order chi connectivity index (χ1) is 21.0. The van der Waals surface area contributed by atoms with E-state index in [1.54, 1.807) is 0 Å².